The first kappa shape index (κ1) is 12.1. The normalized spacial score (nSPS) is 16.8. The van der Waals surface area contributed by atoms with E-state index in [9.17, 15) is 4.79 Å². The third kappa shape index (κ3) is 3.30. The Hall–Kier alpha value is -1.36. The van der Waals surface area contributed by atoms with E-state index in [1.165, 1.54) is 0 Å². The van der Waals surface area contributed by atoms with E-state index >= 15 is 0 Å². The first-order valence-electron chi connectivity index (χ1n) is 6.17. The molecule has 1 unspecified atom stereocenters. The van der Waals surface area contributed by atoms with Crippen LogP contribution in [0, 0.1) is 5.92 Å². The van der Waals surface area contributed by atoms with Gasteiger partial charge in [-0.3, -0.25) is 4.79 Å². The number of rotatable bonds is 6. The lowest BCUT2D eigenvalue weighted by Gasteiger charge is -2.13. The second kappa shape index (κ2) is 5.31. The smallest absolute Gasteiger partial charge is 0.223 e. The molecule has 0 bridgehead atoms. The van der Waals surface area contributed by atoms with Crippen LogP contribution in [-0.2, 0) is 11.8 Å². The Morgan fingerprint density at radius 3 is 2.94 bits per heavy atom. The zero-order valence-electron chi connectivity index (χ0n) is 10.4. The Balaban J connectivity index is 1.64. The highest BCUT2D eigenvalue weighted by Crippen LogP contribution is 2.28. The van der Waals surface area contributed by atoms with Gasteiger partial charge in [-0.2, -0.15) is 0 Å². The van der Waals surface area contributed by atoms with Crippen LogP contribution in [0.1, 0.15) is 31.6 Å². The number of carbonyl (C=O) groups is 1. The summed E-state index contributed by atoms with van der Waals surface area (Å²) in [5, 5.41) is 6.27. The fourth-order valence-electron chi connectivity index (χ4n) is 1.85. The van der Waals surface area contributed by atoms with E-state index in [4.69, 9.17) is 0 Å². The lowest BCUT2D eigenvalue weighted by molar-refractivity contribution is -0.122. The van der Waals surface area contributed by atoms with Gasteiger partial charge in [-0.05, 0) is 19.8 Å². The summed E-state index contributed by atoms with van der Waals surface area (Å²) in [6.07, 6.45) is 5.84. The summed E-state index contributed by atoms with van der Waals surface area (Å²) in [7, 11) is 1.98. The molecule has 1 fully saturated rings. The molecule has 1 heterocycles. The third-order valence-corrected chi connectivity index (χ3v) is 3.07. The van der Waals surface area contributed by atoms with Gasteiger partial charge in [-0.25, -0.2) is 4.98 Å². The molecule has 1 aromatic rings. The predicted octanol–water partition coefficient (Wildman–Crippen LogP) is 0.597. The number of hydrogen-bond donors (Lipinski definition) is 2. The van der Waals surface area contributed by atoms with Gasteiger partial charge in [0.25, 0.3) is 0 Å². The minimum atomic E-state index is 0.202. The maximum atomic E-state index is 11.4. The van der Waals surface area contributed by atoms with E-state index in [0.29, 0.717) is 12.5 Å². The molecular formula is C12H20N4O. The molecule has 2 rings (SSSR count). The van der Waals surface area contributed by atoms with Crippen molar-refractivity contribution in [1.82, 2.24) is 20.2 Å². The number of nitrogens with zero attached hydrogens (tertiary/aromatic N) is 2. The molecule has 0 saturated heterocycles. The van der Waals surface area contributed by atoms with Crippen molar-refractivity contribution in [3.05, 3.63) is 18.2 Å². The summed E-state index contributed by atoms with van der Waals surface area (Å²) in [5.74, 6) is 1.51. The average Bonchev–Trinajstić information content (AvgIpc) is 3.07. The molecule has 17 heavy (non-hydrogen) atoms. The standard InChI is InChI=1S/C12H20N4O/c1-9(11-14-7-8-16(11)2)13-5-6-15-12(17)10-3-4-10/h7-10,13H,3-6H2,1-2H3,(H,15,17). The van der Waals surface area contributed by atoms with E-state index < -0.39 is 0 Å². The van der Waals surface area contributed by atoms with Gasteiger partial charge in [0.2, 0.25) is 5.91 Å². The van der Waals surface area contributed by atoms with E-state index in [-0.39, 0.29) is 11.9 Å². The molecule has 2 N–H and O–H groups in total. The number of hydrogen-bond acceptors (Lipinski definition) is 3. The highest BCUT2D eigenvalue weighted by molar-refractivity contribution is 5.80. The molecule has 0 radical (unpaired) electrons. The Bertz CT molecular complexity index is 384. The number of aromatic nitrogens is 2. The monoisotopic (exact) mass is 236 g/mol. The van der Waals surface area contributed by atoms with Crippen LogP contribution in [0.5, 0.6) is 0 Å². The SMILES string of the molecule is CC(NCCNC(=O)C1CC1)c1nccn1C. The average molecular weight is 236 g/mol. The van der Waals surface area contributed by atoms with Crippen LogP contribution >= 0.6 is 0 Å². The summed E-state index contributed by atoms with van der Waals surface area (Å²) < 4.78 is 2.00. The summed E-state index contributed by atoms with van der Waals surface area (Å²) in [4.78, 5) is 15.7. The number of imidazole rings is 1. The third-order valence-electron chi connectivity index (χ3n) is 3.07. The van der Waals surface area contributed by atoms with Crippen molar-refractivity contribution in [1.29, 1.82) is 0 Å². The van der Waals surface area contributed by atoms with Gasteiger partial charge in [0, 0.05) is 38.4 Å². The van der Waals surface area contributed by atoms with Gasteiger partial charge in [-0.15, -0.1) is 0 Å². The molecule has 1 saturated carbocycles. The van der Waals surface area contributed by atoms with Crippen LogP contribution in [0.25, 0.3) is 0 Å². The van der Waals surface area contributed by atoms with Crippen molar-refractivity contribution in [3.63, 3.8) is 0 Å². The summed E-state index contributed by atoms with van der Waals surface area (Å²) in [5.41, 5.74) is 0. The summed E-state index contributed by atoms with van der Waals surface area (Å²) in [6.45, 7) is 3.53. The molecule has 0 spiro atoms. The van der Waals surface area contributed by atoms with Crippen LogP contribution in [0.2, 0.25) is 0 Å². The molecule has 94 valence electrons. The van der Waals surface area contributed by atoms with Crippen molar-refractivity contribution >= 4 is 5.91 Å². The molecule has 5 heteroatoms. The fourth-order valence-corrected chi connectivity index (χ4v) is 1.85. The zero-order chi connectivity index (χ0) is 12.3. The highest BCUT2D eigenvalue weighted by Gasteiger charge is 2.28. The van der Waals surface area contributed by atoms with E-state index in [2.05, 4.69) is 22.5 Å². The molecule has 1 aliphatic carbocycles. The largest absolute Gasteiger partial charge is 0.355 e. The minimum absolute atomic E-state index is 0.202. The van der Waals surface area contributed by atoms with Gasteiger partial charge in [0.1, 0.15) is 5.82 Å². The second-order valence-corrected chi connectivity index (χ2v) is 4.64. The Morgan fingerprint density at radius 2 is 2.35 bits per heavy atom. The maximum Gasteiger partial charge on any atom is 0.223 e. The number of carbonyl (C=O) groups excluding carboxylic acids is 1. The van der Waals surface area contributed by atoms with E-state index in [1.807, 2.05) is 17.8 Å². The van der Waals surface area contributed by atoms with Crippen molar-refractivity contribution in [2.45, 2.75) is 25.8 Å². The highest BCUT2D eigenvalue weighted by atomic mass is 16.2. The van der Waals surface area contributed by atoms with Crippen molar-refractivity contribution in [3.8, 4) is 0 Å². The molecule has 1 atom stereocenters. The molecule has 0 aromatic carbocycles. The fraction of sp³-hybridized carbons (Fsp3) is 0.667. The first-order chi connectivity index (χ1) is 8.18. The van der Waals surface area contributed by atoms with Crippen LogP contribution in [0.15, 0.2) is 12.4 Å². The topological polar surface area (TPSA) is 58.9 Å². The van der Waals surface area contributed by atoms with Crippen molar-refractivity contribution in [2.75, 3.05) is 13.1 Å². The molecule has 1 aromatic heterocycles. The predicted molar refractivity (Wildman–Crippen MR) is 65.4 cm³/mol. The van der Waals surface area contributed by atoms with Gasteiger partial charge in [0.15, 0.2) is 0 Å². The van der Waals surface area contributed by atoms with Crippen molar-refractivity contribution < 1.29 is 4.79 Å². The van der Waals surface area contributed by atoms with Gasteiger partial charge >= 0.3 is 0 Å². The number of aryl methyl sites for hydroxylation is 1. The van der Waals surface area contributed by atoms with Crippen LogP contribution < -0.4 is 10.6 Å². The number of nitrogens with one attached hydrogen (secondary N) is 2. The quantitative estimate of drug-likeness (QED) is 0.711. The number of amides is 1. The van der Waals surface area contributed by atoms with Crippen LogP contribution in [-0.4, -0.2) is 28.5 Å². The zero-order valence-corrected chi connectivity index (χ0v) is 10.4. The second-order valence-electron chi connectivity index (χ2n) is 4.64. The van der Waals surface area contributed by atoms with Gasteiger partial charge < -0.3 is 15.2 Å². The van der Waals surface area contributed by atoms with E-state index in [0.717, 1.165) is 25.2 Å². The Morgan fingerprint density at radius 1 is 1.59 bits per heavy atom. The molecular weight excluding hydrogens is 216 g/mol. The molecule has 1 amide bonds. The molecule has 5 nitrogen and oxygen atoms in total. The lowest BCUT2D eigenvalue weighted by Crippen LogP contribution is -2.34. The van der Waals surface area contributed by atoms with Gasteiger partial charge in [-0.1, -0.05) is 0 Å². The summed E-state index contributed by atoms with van der Waals surface area (Å²) >= 11 is 0. The maximum absolute atomic E-state index is 11.4. The van der Waals surface area contributed by atoms with Crippen LogP contribution in [0.3, 0.4) is 0 Å². The lowest BCUT2D eigenvalue weighted by atomic mass is 10.3. The van der Waals surface area contributed by atoms with Crippen LogP contribution in [0.4, 0.5) is 0 Å². The summed E-state index contributed by atoms with van der Waals surface area (Å²) in [6, 6.07) is 0.202. The Kier molecular flexibility index (Phi) is 3.78. The van der Waals surface area contributed by atoms with Gasteiger partial charge in [0.05, 0.1) is 6.04 Å². The van der Waals surface area contributed by atoms with E-state index in [1.54, 1.807) is 6.20 Å². The first-order valence-corrected chi connectivity index (χ1v) is 6.17. The molecule has 0 aliphatic heterocycles. The minimum Gasteiger partial charge on any atom is -0.355 e. The van der Waals surface area contributed by atoms with Crippen molar-refractivity contribution in [2.24, 2.45) is 13.0 Å². The molecule has 1 aliphatic rings. The Labute approximate surface area is 102 Å².